The molecule has 0 saturated heterocycles. The van der Waals surface area contributed by atoms with Gasteiger partial charge in [0.25, 0.3) is 0 Å². The van der Waals surface area contributed by atoms with Crippen molar-refractivity contribution in [3.8, 4) is 11.5 Å². The zero-order valence-corrected chi connectivity index (χ0v) is 20.3. The first-order chi connectivity index (χ1) is 17.2. The first-order valence-electron chi connectivity index (χ1n) is 11.5. The van der Waals surface area contributed by atoms with E-state index >= 15 is 0 Å². The molecule has 0 aliphatic rings. The van der Waals surface area contributed by atoms with Gasteiger partial charge in [-0.25, -0.2) is 9.59 Å². The summed E-state index contributed by atoms with van der Waals surface area (Å²) in [5.74, 6) is -1.77. The van der Waals surface area contributed by atoms with Crippen LogP contribution in [0, 0.1) is 13.8 Å². The average Bonchev–Trinajstić information content (AvgIpc) is 2.84. The fraction of sp³-hybridized carbons (Fsp3) is 0.172. The Balaban J connectivity index is 1.89. The molecule has 182 valence electrons. The Morgan fingerprint density at radius 1 is 0.694 bits per heavy atom. The third kappa shape index (κ3) is 3.60. The van der Waals surface area contributed by atoms with Crippen molar-refractivity contribution in [1.82, 2.24) is 0 Å². The summed E-state index contributed by atoms with van der Waals surface area (Å²) in [5, 5.41) is 23.4. The van der Waals surface area contributed by atoms with Crippen LogP contribution in [0.25, 0.3) is 21.9 Å². The lowest BCUT2D eigenvalue weighted by Crippen LogP contribution is -2.21. The van der Waals surface area contributed by atoms with Crippen LogP contribution in [0.1, 0.15) is 33.7 Å². The standard InChI is InChI=1S/C29H25NO6/c1-15-7-5-9-19-24(31)22(28(33)35-26(15)19)21(17-11-13-18(14-12-17)30(3)4)23-25(32)20-10-6-8-16(2)27(20)36-29(23)34/h5-14,21,31-32H,1-4H3. The van der Waals surface area contributed by atoms with Gasteiger partial charge in [-0.2, -0.15) is 0 Å². The molecule has 2 heterocycles. The van der Waals surface area contributed by atoms with Crippen LogP contribution in [0.3, 0.4) is 0 Å². The van der Waals surface area contributed by atoms with Crippen LogP contribution in [0.15, 0.2) is 79.1 Å². The summed E-state index contributed by atoms with van der Waals surface area (Å²) < 4.78 is 11.3. The van der Waals surface area contributed by atoms with Crippen LogP contribution in [0.2, 0.25) is 0 Å². The molecule has 0 saturated carbocycles. The lowest BCUT2D eigenvalue weighted by atomic mass is 9.84. The second-order valence-electron chi connectivity index (χ2n) is 9.13. The summed E-state index contributed by atoms with van der Waals surface area (Å²) >= 11 is 0. The molecule has 0 aliphatic carbocycles. The number of nitrogens with zero attached hydrogens (tertiary/aromatic N) is 1. The Hall–Kier alpha value is -4.52. The zero-order valence-electron chi connectivity index (χ0n) is 20.3. The molecule has 0 amide bonds. The van der Waals surface area contributed by atoms with Gasteiger partial charge >= 0.3 is 11.3 Å². The Bertz CT molecular complexity index is 1640. The number of hydrogen-bond acceptors (Lipinski definition) is 7. The third-order valence-corrected chi connectivity index (χ3v) is 6.59. The molecule has 0 radical (unpaired) electrons. The van der Waals surface area contributed by atoms with Crippen LogP contribution in [0.4, 0.5) is 5.69 Å². The number of rotatable bonds is 4. The predicted octanol–water partition coefficient (Wildman–Crippen LogP) is 5.17. The zero-order chi connectivity index (χ0) is 25.7. The minimum absolute atomic E-state index is 0.152. The molecule has 0 bridgehead atoms. The van der Waals surface area contributed by atoms with E-state index in [4.69, 9.17) is 8.83 Å². The smallest absolute Gasteiger partial charge is 0.344 e. The number of benzene rings is 3. The molecule has 2 N–H and O–H groups in total. The van der Waals surface area contributed by atoms with Crippen LogP contribution in [0.5, 0.6) is 11.5 Å². The summed E-state index contributed by atoms with van der Waals surface area (Å²) in [5.41, 5.74) is 1.37. The Morgan fingerprint density at radius 2 is 1.14 bits per heavy atom. The summed E-state index contributed by atoms with van der Waals surface area (Å²) in [7, 11) is 3.79. The van der Waals surface area contributed by atoms with Crippen molar-refractivity contribution in [2.24, 2.45) is 0 Å². The normalized spacial score (nSPS) is 11.5. The van der Waals surface area contributed by atoms with Gasteiger partial charge in [-0.15, -0.1) is 0 Å². The van der Waals surface area contributed by atoms with Crippen LogP contribution >= 0.6 is 0 Å². The van der Waals surface area contributed by atoms with Crippen molar-refractivity contribution in [3.63, 3.8) is 0 Å². The van der Waals surface area contributed by atoms with Gasteiger partial charge < -0.3 is 23.9 Å². The molecule has 5 rings (SSSR count). The highest BCUT2D eigenvalue weighted by Crippen LogP contribution is 2.42. The van der Waals surface area contributed by atoms with Crippen LogP contribution < -0.4 is 16.2 Å². The maximum absolute atomic E-state index is 13.4. The van der Waals surface area contributed by atoms with Gasteiger partial charge in [-0.3, -0.25) is 0 Å². The number of fused-ring (bicyclic) bond motifs is 2. The highest BCUT2D eigenvalue weighted by atomic mass is 16.4. The van der Waals surface area contributed by atoms with Gasteiger partial charge in [0.15, 0.2) is 0 Å². The molecule has 2 aromatic heterocycles. The molecule has 0 fully saturated rings. The second-order valence-corrected chi connectivity index (χ2v) is 9.13. The largest absolute Gasteiger partial charge is 0.507 e. The SMILES string of the molecule is Cc1cccc2c(O)c(C(c3ccc(N(C)C)cc3)c3c(O)c4cccc(C)c4oc3=O)c(=O)oc12. The topological polar surface area (TPSA) is 104 Å². The first kappa shape index (κ1) is 23.2. The van der Waals surface area contributed by atoms with E-state index in [1.54, 1.807) is 62.4 Å². The van der Waals surface area contributed by atoms with E-state index in [9.17, 15) is 19.8 Å². The highest BCUT2D eigenvalue weighted by Gasteiger charge is 2.32. The van der Waals surface area contributed by atoms with Crippen molar-refractivity contribution in [3.05, 3.63) is 109 Å². The Labute approximate surface area is 206 Å². The number of aryl methyl sites for hydroxylation is 2. The predicted molar refractivity (Wildman–Crippen MR) is 139 cm³/mol. The van der Waals surface area contributed by atoms with Gasteiger partial charge in [0.1, 0.15) is 22.7 Å². The summed E-state index contributed by atoms with van der Waals surface area (Å²) in [6.07, 6.45) is 0. The molecule has 0 unspecified atom stereocenters. The van der Waals surface area contributed by atoms with Crippen molar-refractivity contribution in [1.29, 1.82) is 0 Å². The van der Waals surface area contributed by atoms with E-state index in [-0.39, 0.29) is 33.8 Å². The van der Waals surface area contributed by atoms with E-state index in [0.29, 0.717) is 27.5 Å². The van der Waals surface area contributed by atoms with Gasteiger partial charge in [-0.05, 0) is 54.8 Å². The molecule has 7 nitrogen and oxygen atoms in total. The maximum atomic E-state index is 13.4. The number of aromatic hydroxyl groups is 2. The Kier molecular flexibility index (Phi) is 5.55. The maximum Gasteiger partial charge on any atom is 0.344 e. The fourth-order valence-electron chi connectivity index (χ4n) is 4.68. The quantitative estimate of drug-likeness (QED) is 0.340. The average molecular weight is 484 g/mol. The molecule has 0 spiro atoms. The number of hydrogen-bond donors (Lipinski definition) is 2. The van der Waals surface area contributed by atoms with E-state index in [1.807, 2.05) is 31.1 Å². The first-order valence-corrected chi connectivity index (χ1v) is 11.5. The Morgan fingerprint density at radius 3 is 1.56 bits per heavy atom. The van der Waals surface area contributed by atoms with Crippen molar-refractivity contribution in [2.75, 3.05) is 19.0 Å². The van der Waals surface area contributed by atoms with E-state index in [1.165, 1.54) is 0 Å². The van der Waals surface area contributed by atoms with E-state index in [0.717, 1.165) is 5.69 Å². The molecule has 3 aromatic carbocycles. The summed E-state index contributed by atoms with van der Waals surface area (Å²) in [6, 6.07) is 17.5. The van der Waals surface area contributed by atoms with E-state index in [2.05, 4.69) is 0 Å². The van der Waals surface area contributed by atoms with Crippen molar-refractivity contribution < 1.29 is 19.0 Å². The molecule has 36 heavy (non-hydrogen) atoms. The lowest BCUT2D eigenvalue weighted by molar-refractivity contribution is 0.441. The van der Waals surface area contributed by atoms with E-state index < -0.39 is 17.2 Å². The molecule has 0 atom stereocenters. The van der Waals surface area contributed by atoms with Gasteiger partial charge in [-0.1, -0.05) is 36.4 Å². The number of anilines is 1. The molecular weight excluding hydrogens is 458 g/mol. The highest BCUT2D eigenvalue weighted by molar-refractivity contribution is 5.89. The van der Waals surface area contributed by atoms with Crippen LogP contribution in [-0.4, -0.2) is 24.3 Å². The summed E-state index contributed by atoms with van der Waals surface area (Å²) in [4.78, 5) is 28.6. The van der Waals surface area contributed by atoms with Gasteiger partial charge in [0, 0.05) is 19.8 Å². The third-order valence-electron chi connectivity index (χ3n) is 6.59. The second kappa shape index (κ2) is 8.61. The van der Waals surface area contributed by atoms with Crippen molar-refractivity contribution in [2.45, 2.75) is 19.8 Å². The van der Waals surface area contributed by atoms with Gasteiger partial charge in [0.2, 0.25) is 0 Å². The van der Waals surface area contributed by atoms with Gasteiger partial charge in [0.05, 0.1) is 27.8 Å². The molecule has 7 heteroatoms. The summed E-state index contributed by atoms with van der Waals surface area (Å²) in [6.45, 7) is 3.54. The minimum Gasteiger partial charge on any atom is -0.507 e. The number of para-hydroxylation sites is 2. The lowest BCUT2D eigenvalue weighted by Gasteiger charge is -2.21. The van der Waals surface area contributed by atoms with Crippen molar-refractivity contribution >= 4 is 27.6 Å². The monoisotopic (exact) mass is 483 g/mol. The molecular formula is C29H25NO6. The molecule has 5 aromatic rings. The van der Waals surface area contributed by atoms with Crippen LogP contribution in [-0.2, 0) is 0 Å². The fourth-order valence-corrected chi connectivity index (χ4v) is 4.68. The minimum atomic E-state index is -1.15. The molecule has 0 aliphatic heterocycles.